The molecule has 0 aliphatic heterocycles. The van der Waals surface area contributed by atoms with Crippen LogP contribution in [0.1, 0.15) is 44.7 Å². The van der Waals surface area contributed by atoms with Crippen molar-refractivity contribution in [1.29, 1.82) is 0 Å². The molecule has 0 bridgehead atoms. The molecule has 1 fully saturated rings. The van der Waals surface area contributed by atoms with Crippen molar-refractivity contribution in [2.45, 2.75) is 39.0 Å². The minimum Gasteiger partial charge on any atom is -0.317 e. The van der Waals surface area contributed by atoms with E-state index in [4.69, 9.17) is 0 Å². The summed E-state index contributed by atoms with van der Waals surface area (Å²) in [6.07, 6.45) is 5.90. The van der Waals surface area contributed by atoms with Crippen LogP contribution in [0.25, 0.3) is 0 Å². The number of rotatable bonds is 4. The number of aromatic nitrogens is 3. The van der Waals surface area contributed by atoms with Crippen LogP contribution in [0.2, 0.25) is 0 Å². The van der Waals surface area contributed by atoms with Crippen molar-refractivity contribution in [2.24, 2.45) is 18.9 Å². The summed E-state index contributed by atoms with van der Waals surface area (Å²) in [4.78, 5) is 0. The number of aryl methyl sites for hydroxylation is 1. The van der Waals surface area contributed by atoms with Crippen LogP contribution < -0.4 is 5.32 Å². The first kappa shape index (κ1) is 12.6. The molecule has 1 heterocycles. The van der Waals surface area contributed by atoms with Crippen LogP contribution in [0.4, 0.5) is 0 Å². The zero-order valence-corrected chi connectivity index (χ0v) is 11.2. The lowest BCUT2D eigenvalue weighted by atomic mass is 9.73. The molecule has 4 nitrogen and oxygen atoms in total. The monoisotopic (exact) mass is 236 g/mol. The summed E-state index contributed by atoms with van der Waals surface area (Å²) < 4.78 is 1.95. The second-order valence-corrected chi connectivity index (χ2v) is 5.37. The van der Waals surface area contributed by atoms with Gasteiger partial charge in [0, 0.05) is 13.0 Å². The van der Waals surface area contributed by atoms with Crippen molar-refractivity contribution in [1.82, 2.24) is 20.3 Å². The van der Waals surface area contributed by atoms with Gasteiger partial charge in [-0.05, 0) is 37.8 Å². The molecule has 0 amide bonds. The van der Waals surface area contributed by atoms with E-state index in [1.165, 1.54) is 25.0 Å². The van der Waals surface area contributed by atoms with Gasteiger partial charge < -0.3 is 5.32 Å². The van der Waals surface area contributed by atoms with E-state index in [1.807, 2.05) is 17.9 Å². The van der Waals surface area contributed by atoms with E-state index in [-0.39, 0.29) is 0 Å². The molecule has 1 aromatic heterocycles. The van der Waals surface area contributed by atoms with Crippen molar-refractivity contribution in [3.8, 4) is 0 Å². The van der Waals surface area contributed by atoms with E-state index >= 15 is 0 Å². The summed E-state index contributed by atoms with van der Waals surface area (Å²) in [5.41, 5.74) is 1.31. The lowest BCUT2D eigenvalue weighted by Gasteiger charge is -2.34. The van der Waals surface area contributed by atoms with Crippen LogP contribution in [-0.2, 0) is 7.05 Å². The van der Waals surface area contributed by atoms with Gasteiger partial charge in [-0.1, -0.05) is 25.5 Å². The first-order valence-electron chi connectivity index (χ1n) is 6.77. The summed E-state index contributed by atoms with van der Waals surface area (Å²) in [5, 5.41) is 11.6. The molecule has 0 saturated heterocycles. The Morgan fingerprint density at radius 3 is 2.94 bits per heavy atom. The normalized spacial score (nSPS) is 29.5. The highest BCUT2D eigenvalue weighted by Crippen LogP contribution is 2.39. The van der Waals surface area contributed by atoms with E-state index < -0.39 is 0 Å². The molecule has 0 aromatic carbocycles. The first-order valence-corrected chi connectivity index (χ1v) is 6.77. The molecule has 96 valence electrons. The molecule has 1 aromatic rings. The smallest absolute Gasteiger partial charge is 0.0728 e. The van der Waals surface area contributed by atoms with Gasteiger partial charge in [-0.25, -0.2) is 0 Å². The largest absolute Gasteiger partial charge is 0.317 e. The Bertz CT molecular complexity index is 345. The molecule has 2 rings (SSSR count). The van der Waals surface area contributed by atoms with Gasteiger partial charge in [-0.15, -0.1) is 5.10 Å². The van der Waals surface area contributed by atoms with E-state index in [2.05, 4.69) is 29.5 Å². The standard InChI is InChI=1S/C13H24N4/c1-4-14-8-11-6-5-10(2)7-12(11)13-9-15-16-17(13)3/h9-12,14H,4-8H2,1-3H3. The molecule has 4 heteroatoms. The van der Waals surface area contributed by atoms with Gasteiger partial charge in [0.15, 0.2) is 0 Å². The van der Waals surface area contributed by atoms with Gasteiger partial charge in [0.05, 0.1) is 11.9 Å². The Hall–Kier alpha value is -0.900. The predicted molar refractivity (Wildman–Crippen MR) is 68.8 cm³/mol. The first-order chi connectivity index (χ1) is 8.22. The van der Waals surface area contributed by atoms with Gasteiger partial charge in [0.25, 0.3) is 0 Å². The Morgan fingerprint density at radius 1 is 1.47 bits per heavy atom. The lowest BCUT2D eigenvalue weighted by Crippen LogP contribution is -2.32. The molecular weight excluding hydrogens is 212 g/mol. The average molecular weight is 236 g/mol. The van der Waals surface area contributed by atoms with Crippen molar-refractivity contribution in [2.75, 3.05) is 13.1 Å². The van der Waals surface area contributed by atoms with Gasteiger partial charge in [-0.3, -0.25) is 4.68 Å². The molecule has 1 saturated carbocycles. The topological polar surface area (TPSA) is 42.7 Å². The minimum atomic E-state index is 0.623. The van der Waals surface area contributed by atoms with Crippen LogP contribution >= 0.6 is 0 Å². The fourth-order valence-electron chi connectivity index (χ4n) is 3.01. The predicted octanol–water partition coefficient (Wildman–Crippen LogP) is 1.94. The third-order valence-corrected chi connectivity index (χ3v) is 4.04. The van der Waals surface area contributed by atoms with Crippen molar-refractivity contribution >= 4 is 0 Å². The molecule has 3 unspecified atom stereocenters. The number of hydrogen-bond donors (Lipinski definition) is 1. The number of nitrogens with one attached hydrogen (secondary N) is 1. The third-order valence-electron chi connectivity index (χ3n) is 4.04. The van der Waals surface area contributed by atoms with Crippen LogP contribution in [0.15, 0.2) is 6.20 Å². The molecule has 1 aliphatic carbocycles. The SMILES string of the molecule is CCNCC1CCC(C)CC1c1cnnn1C. The fraction of sp³-hybridized carbons (Fsp3) is 0.846. The molecule has 17 heavy (non-hydrogen) atoms. The Balaban J connectivity index is 2.11. The van der Waals surface area contributed by atoms with Gasteiger partial charge >= 0.3 is 0 Å². The summed E-state index contributed by atoms with van der Waals surface area (Å²) in [7, 11) is 2.01. The third kappa shape index (κ3) is 2.86. The van der Waals surface area contributed by atoms with Crippen LogP contribution in [0.3, 0.4) is 0 Å². The van der Waals surface area contributed by atoms with E-state index in [0.29, 0.717) is 5.92 Å². The highest BCUT2D eigenvalue weighted by molar-refractivity contribution is 5.07. The maximum atomic E-state index is 4.08. The number of nitrogens with zero attached hydrogens (tertiary/aromatic N) is 3. The fourth-order valence-corrected chi connectivity index (χ4v) is 3.01. The second kappa shape index (κ2) is 5.63. The molecule has 1 N–H and O–H groups in total. The van der Waals surface area contributed by atoms with E-state index in [0.717, 1.165) is 24.9 Å². The highest BCUT2D eigenvalue weighted by atomic mass is 15.4. The number of hydrogen-bond acceptors (Lipinski definition) is 3. The summed E-state index contributed by atoms with van der Waals surface area (Å²) in [5.74, 6) is 2.19. The van der Waals surface area contributed by atoms with Gasteiger partial charge in [0.1, 0.15) is 0 Å². The highest BCUT2D eigenvalue weighted by Gasteiger charge is 2.31. The zero-order valence-electron chi connectivity index (χ0n) is 11.2. The quantitative estimate of drug-likeness (QED) is 0.869. The van der Waals surface area contributed by atoms with E-state index in [9.17, 15) is 0 Å². The summed E-state index contributed by atoms with van der Waals surface area (Å²) in [6, 6.07) is 0. The van der Waals surface area contributed by atoms with Gasteiger partial charge in [-0.2, -0.15) is 0 Å². The summed E-state index contributed by atoms with van der Waals surface area (Å²) in [6.45, 7) is 6.72. The van der Waals surface area contributed by atoms with E-state index in [1.54, 1.807) is 0 Å². The molecule has 1 aliphatic rings. The Morgan fingerprint density at radius 2 is 2.29 bits per heavy atom. The maximum Gasteiger partial charge on any atom is 0.0728 e. The van der Waals surface area contributed by atoms with Crippen LogP contribution in [0.5, 0.6) is 0 Å². The lowest BCUT2D eigenvalue weighted by molar-refractivity contribution is 0.235. The van der Waals surface area contributed by atoms with Crippen LogP contribution in [0, 0.1) is 11.8 Å². The Labute approximate surface area is 104 Å². The molecule has 3 atom stereocenters. The average Bonchev–Trinajstić information content (AvgIpc) is 2.74. The molecular formula is C13H24N4. The second-order valence-electron chi connectivity index (χ2n) is 5.37. The summed E-state index contributed by atoms with van der Waals surface area (Å²) >= 11 is 0. The molecule has 0 radical (unpaired) electrons. The Kier molecular flexibility index (Phi) is 4.15. The van der Waals surface area contributed by atoms with Crippen molar-refractivity contribution < 1.29 is 0 Å². The van der Waals surface area contributed by atoms with Crippen LogP contribution in [-0.4, -0.2) is 28.1 Å². The molecule has 0 spiro atoms. The maximum absolute atomic E-state index is 4.08. The van der Waals surface area contributed by atoms with Crippen molar-refractivity contribution in [3.63, 3.8) is 0 Å². The zero-order chi connectivity index (χ0) is 12.3. The van der Waals surface area contributed by atoms with Gasteiger partial charge in [0.2, 0.25) is 0 Å². The van der Waals surface area contributed by atoms with Crippen molar-refractivity contribution in [3.05, 3.63) is 11.9 Å². The minimum absolute atomic E-state index is 0.623.